The van der Waals surface area contributed by atoms with Gasteiger partial charge in [0.15, 0.2) is 18.5 Å². The molecule has 5 atom stereocenters. The van der Waals surface area contributed by atoms with Crippen molar-refractivity contribution in [3.8, 4) is 0 Å². The zero-order valence-corrected chi connectivity index (χ0v) is 15.2. The van der Waals surface area contributed by atoms with Crippen molar-refractivity contribution < 1.29 is 43.2 Å². The summed E-state index contributed by atoms with van der Waals surface area (Å²) >= 11 is 0. The van der Waals surface area contributed by atoms with Crippen LogP contribution in [0.15, 0.2) is 30.3 Å². The van der Waals surface area contributed by atoms with E-state index in [1.165, 1.54) is 7.11 Å². The third-order valence-electron chi connectivity index (χ3n) is 3.84. The fourth-order valence-electron chi connectivity index (χ4n) is 2.68. The minimum atomic E-state index is -1.41. The Morgan fingerprint density at radius 2 is 1.63 bits per heavy atom. The summed E-state index contributed by atoms with van der Waals surface area (Å²) in [6.07, 6.45) is -6.01. The van der Waals surface area contributed by atoms with Crippen molar-refractivity contribution in [2.45, 2.75) is 44.6 Å². The Balaban J connectivity index is 2.11. The van der Waals surface area contributed by atoms with Gasteiger partial charge in [-0.25, -0.2) is 4.79 Å². The van der Waals surface area contributed by atoms with Gasteiger partial charge < -0.3 is 28.8 Å². The molecule has 148 valence electrons. The van der Waals surface area contributed by atoms with Crippen LogP contribution in [0.4, 0.5) is 0 Å². The zero-order chi connectivity index (χ0) is 20.0. The Labute approximate surface area is 156 Å². The van der Waals surface area contributed by atoms with Crippen LogP contribution in [0.2, 0.25) is 0 Å². The summed E-state index contributed by atoms with van der Waals surface area (Å²) in [6.45, 7) is 2.00. The first-order chi connectivity index (χ1) is 12.8. The molecule has 1 heterocycles. The summed E-state index contributed by atoms with van der Waals surface area (Å²) in [7, 11) is 1.30. The molecular weight excluding hydrogens is 360 g/mol. The van der Waals surface area contributed by atoms with Crippen molar-refractivity contribution >= 4 is 17.9 Å². The lowest BCUT2D eigenvalue weighted by molar-refractivity contribution is -0.299. The molecule has 1 aromatic carbocycles. The third kappa shape index (κ3) is 5.49. The van der Waals surface area contributed by atoms with Gasteiger partial charge in [-0.15, -0.1) is 0 Å². The lowest BCUT2D eigenvalue weighted by atomic mass is 9.98. The van der Waals surface area contributed by atoms with Crippen LogP contribution in [0.25, 0.3) is 0 Å². The Kier molecular flexibility index (Phi) is 7.28. The molecule has 1 aromatic rings. The Morgan fingerprint density at radius 3 is 2.19 bits per heavy atom. The number of ether oxygens (including phenoxy) is 5. The van der Waals surface area contributed by atoms with E-state index in [1.807, 2.05) is 0 Å². The second-order valence-electron chi connectivity index (χ2n) is 5.88. The molecule has 0 aliphatic carbocycles. The predicted molar refractivity (Wildman–Crippen MR) is 89.5 cm³/mol. The van der Waals surface area contributed by atoms with Crippen molar-refractivity contribution in [3.05, 3.63) is 35.9 Å². The summed E-state index contributed by atoms with van der Waals surface area (Å²) in [6, 6.07) is 8.29. The molecule has 1 N–H and O–H groups in total. The zero-order valence-electron chi connectivity index (χ0n) is 15.2. The summed E-state index contributed by atoms with van der Waals surface area (Å²) in [5.41, 5.74) is 0.334. The molecule has 1 fully saturated rings. The Bertz CT molecular complexity index is 660. The SMILES string of the molecule is CO[C@H]1O[C@H](COC(=O)c2ccccc2)[C@@H](O)[C@H](OC(C)=O)[C@H]1OC(C)=O. The standard InChI is InChI=1S/C18H22O9/c1-10(19)25-15-14(21)13(27-18(23-3)16(15)26-11(2)20)9-24-17(22)12-7-5-4-6-8-12/h4-8,13-16,18,21H,9H2,1-3H3/t13-,14-,15+,16-,18+/m1/s1. The van der Waals surface area contributed by atoms with Crippen LogP contribution >= 0.6 is 0 Å². The highest BCUT2D eigenvalue weighted by Gasteiger charge is 2.50. The van der Waals surface area contributed by atoms with E-state index in [2.05, 4.69) is 0 Å². The number of aliphatic hydroxyl groups is 1. The van der Waals surface area contributed by atoms with Crippen molar-refractivity contribution in [1.82, 2.24) is 0 Å². The highest BCUT2D eigenvalue weighted by molar-refractivity contribution is 5.89. The summed E-state index contributed by atoms with van der Waals surface area (Å²) in [5, 5.41) is 10.5. The summed E-state index contributed by atoms with van der Waals surface area (Å²) in [4.78, 5) is 34.8. The molecular formula is C18H22O9. The van der Waals surface area contributed by atoms with E-state index in [1.54, 1.807) is 30.3 Å². The van der Waals surface area contributed by atoms with E-state index in [9.17, 15) is 19.5 Å². The van der Waals surface area contributed by atoms with Gasteiger partial charge in [-0.05, 0) is 12.1 Å². The lowest BCUT2D eigenvalue weighted by Crippen LogP contribution is -2.61. The molecule has 1 aliphatic rings. The molecule has 0 bridgehead atoms. The number of carbonyl (C=O) groups excluding carboxylic acids is 3. The maximum absolute atomic E-state index is 12.1. The maximum Gasteiger partial charge on any atom is 0.338 e. The second-order valence-corrected chi connectivity index (χ2v) is 5.88. The smallest absolute Gasteiger partial charge is 0.338 e. The minimum Gasteiger partial charge on any atom is -0.459 e. The maximum atomic E-state index is 12.1. The van der Waals surface area contributed by atoms with Gasteiger partial charge in [0.1, 0.15) is 18.8 Å². The van der Waals surface area contributed by atoms with Crippen LogP contribution in [0.1, 0.15) is 24.2 Å². The number of aliphatic hydroxyl groups excluding tert-OH is 1. The van der Waals surface area contributed by atoms with Crippen molar-refractivity contribution in [2.24, 2.45) is 0 Å². The van der Waals surface area contributed by atoms with Gasteiger partial charge in [0.25, 0.3) is 0 Å². The molecule has 9 nitrogen and oxygen atoms in total. The Morgan fingerprint density at radius 1 is 1.04 bits per heavy atom. The molecule has 9 heteroatoms. The van der Waals surface area contributed by atoms with Crippen molar-refractivity contribution in [1.29, 1.82) is 0 Å². The van der Waals surface area contributed by atoms with Crippen molar-refractivity contribution in [2.75, 3.05) is 13.7 Å². The number of benzene rings is 1. The van der Waals surface area contributed by atoms with Crippen LogP contribution in [-0.2, 0) is 33.3 Å². The van der Waals surface area contributed by atoms with Gasteiger partial charge in [0, 0.05) is 21.0 Å². The normalized spacial score (nSPS) is 27.5. The van der Waals surface area contributed by atoms with E-state index < -0.39 is 48.6 Å². The molecule has 0 unspecified atom stereocenters. The predicted octanol–water partition coefficient (Wildman–Crippen LogP) is 0.439. The van der Waals surface area contributed by atoms with Crippen LogP contribution in [-0.4, -0.2) is 67.4 Å². The quantitative estimate of drug-likeness (QED) is 0.552. The van der Waals surface area contributed by atoms with Crippen molar-refractivity contribution in [3.63, 3.8) is 0 Å². The first-order valence-corrected chi connectivity index (χ1v) is 8.26. The number of esters is 3. The number of hydrogen-bond donors (Lipinski definition) is 1. The van der Waals surface area contributed by atoms with Gasteiger partial charge >= 0.3 is 17.9 Å². The van der Waals surface area contributed by atoms with E-state index in [4.69, 9.17) is 23.7 Å². The summed E-state index contributed by atoms with van der Waals surface area (Å²) in [5.74, 6) is -1.96. The highest BCUT2D eigenvalue weighted by Crippen LogP contribution is 2.27. The molecule has 0 amide bonds. The average Bonchev–Trinajstić information content (AvgIpc) is 2.64. The van der Waals surface area contributed by atoms with Crippen LogP contribution in [0, 0.1) is 0 Å². The van der Waals surface area contributed by atoms with Gasteiger partial charge in [-0.1, -0.05) is 18.2 Å². The van der Waals surface area contributed by atoms with Crippen LogP contribution < -0.4 is 0 Å². The van der Waals surface area contributed by atoms with E-state index in [0.717, 1.165) is 13.8 Å². The van der Waals surface area contributed by atoms with Gasteiger partial charge in [-0.3, -0.25) is 9.59 Å². The van der Waals surface area contributed by atoms with Gasteiger partial charge in [0.05, 0.1) is 5.56 Å². The van der Waals surface area contributed by atoms with E-state index in [-0.39, 0.29) is 6.61 Å². The molecule has 0 saturated carbocycles. The average molecular weight is 382 g/mol. The summed E-state index contributed by atoms with van der Waals surface area (Å²) < 4.78 is 26.1. The number of carbonyl (C=O) groups is 3. The first-order valence-electron chi connectivity index (χ1n) is 8.26. The largest absolute Gasteiger partial charge is 0.459 e. The van der Waals surface area contributed by atoms with Crippen LogP contribution in [0.3, 0.4) is 0 Å². The number of rotatable bonds is 6. The first kappa shape index (κ1) is 20.8. The topological polar surface area (TPSA) is 118 Å². The van der Waals surface area contributed by atoms with Gasteiger partial charge in [-0.2, -0.15) is 0 Å². The molecule has 27 heavy (non-hydrogen) atoms. The molecule has 0 radical (unpaired) electrons. The van der Waals surface area contributed by atoms with E-state index in [0.29, 0.717) is 5.56 Å². The van der Waals surface area contributed by atoms with Crippen LogP contribution in [0.5, 0.6) is 0 Å². The third-order valence-corrected chi connectivity index (χ3v) is 3.84. The Hall–Kier alpha value is -2.49. The molecule has 0 aromatic heterocycles. The lowest BCUT2D eigenvalue weighted by Gasteiger charge is -2.42. The number of methoxy groups -OCH3 is 1. The minimum absolute atomic E-state index is 0.320. The molecule has 0 spiro atoms. The van der Waals surface area contributed by atoms with E-state index >= 15 is 0 Å². The van der Waals surface area contributed by atoms with Gasteiger partial charge in [0.2, 0.25) is 0 Å². The molecule has 1 saturated heterocycles. The molecule has 1 aliphatic heterocycles. The monoisotopic (exact) mass is 382 g/mol. The fraction of sp³-hybridized carbons (Fsp3) is 0.500. The highest BCUT2D eigenvalue weighted by atomic mass is 16.7. The number of hydrogen-bond acceptors (Lipinski definition) is 9. The second kappa shape index (κ2) is 9.45. The molecule has 2 rings (SSSR count). The fourth-order valence-corrected chi connectivity index (χ4v) is 2.68.